The average molecular weight is 384 g/mol. The molecule has 3 nitrogen and oxygen atoms in total. The van der Waals surface area contributed by atoms with Gasteiger partial charge in [-0.25, -0.2) is 0 Å². The van der Waals surface area contributed by atoms with Gasteiger partial charge in [0.15, 0.2) is 0 Å². The lowest BCUT2D eigenvalue weighted by atomic mass is 10.2. The number of halogens is 2. The smallest absolute Gasteiger partial charge is 0.141 e. The first kappa shape index (κ1) is 14.1. The van der Waals surface area contributed by atoms with E-state index in [0.29, 0.717) is 11.3 Å². The predicted octanol–water partition coefficient (Wildman–Crippen LogP) is 4.60. The molecule has 0 atom stereocenters. The molecule has 5 heteroatoms. The zero-order valence-corrected chi connectivity index (χ0v) is 13.4. The van der Waals surface area contributed by atoms with Crippen LogP contribution in [0.1, 0.15) is 11.1 Å². The summed E-state index contributed by atoms with van der Waals surface area (Å²) in [6, 6.07) is 11.2. The van der Waals surface area contributed by atoms with Gasteiger partial charge in [-0.2, -0.15) is 0 Å². The Hall–Kier alpha value is -1.33. The van der Waals surface area contributed by atoms with Crippen LogP contribution in [0.25, 0.3) is 0 Å². The Bertz CT molecular complexity index is 641. The fourth-order valence-corrected chi connectivity index (χ4v) is 2.53. The number of benzene rings is 2. The summed E-state index contributed by atoms with van der Waals surface area (Å²) in [6.07, 6.45) is 0. The van der Waals surface area contributed by atoms with Crippen LogP contribution >= 0.6 is 31.9 Å². The maximum absolute atomic E-state index is 7.39. The number of nitrogen functional groups attached to an aromatic ring is 1. The van der Waals surface area contributed by atoms with Gasteiger partial charge in [-0.1, -0.05) is 15.9 Å². The van der Waals surface area contributed by atoms with E-state index in [1.54, 1.807) is 18.2 Å². The van der Waals surface area contributed by atoms with E-state index in [1.165, 1.54) is 0 Å². The molecule has 98 valence electrons. The van der Waals surface area contributed by atoms with Crippen LogP contribution < -0.4 is 10.5 Å². The van der Waals surface area contributed by atoms with Crippen LogP contribution in [0.4, 0.5) is 0 Å². The van der Waals surface area contributed by atoms with Crippen molar-refractivity contribution in [2.24, 2.45) is 5.73 Å². The molecular weight excluding hydrogens is 372 g/mol. The molecular formula is C14H12Br2N2O. The van der Waals surface area contributed by atoms with Gasteiger partial charge >= 0.3 is 0 Å². The van der Waals surface area contributed by atoms with Crippen molar-refractivity contribution in [1.82, 2.24) is 0 Å². The van der Waals surface area contributed by atoms with Crippen LogP contribution in [0.15, 0.2) is 45.3 Å². The van der Waals surface area contributed by atoms with Crippen molar-refractivity contribution in [3.63, 3.8) is 0 Å². The predicted molar refractivity (Wildman–Crippen MR) is 84.1 cm³/mol. The number of hydrogen-bond donors (Lipinski definition) is 2. The fraction of sp³-hybridized carbons (Fsp3) is 0.0714. The molecule has 0 aliphatic rings. The normalized spacial score (nSPS) is 10.3. The molecule has 0 aromatic heterocycles. The molecule has 0 bridgehead atoms. The maximum atomic E-state index is 7.39. The summed E-state index contributed by atoms with van der Waals surface area (Å²) in [5.41, 5.74) is 7.14. The molecule has 0 heterocycles. The third kappa shape index (κ3) is 3.36. The largest absolute Gasteiger partial charge is 0.456 e. The minimum Gasteiger partial charge on any atom is -0.456 e. The zero-order chi connectivity index (χ0) is 14.0. The summed E-state index contributed by atoms with van der Waals surface area (Å²) in [7, 11) is 0. The van der Waals surface area contributed by atoms with Crippen molar-refractivity contribution >= 4 is 37.7 Å². The summed E-state index contributed by atoms with van der Waals surface area (Å²) < 4.78 is 7.63. The molecule has 0 saturated heterocycles. The molecule has 2 aromatic carbocycles. The lowest BCUT2D eigenvalue weighted by Gasteiger charge is -2.11. The summed E-state index contributed by atoms with van der Waals surface area (Å²) in [5.74, 6) is 1.52. The molecule has 0 unspecified atom stereocenters. The van der Waals surface area contributed by atoms with Crippen LogP contribution in [0.3, 0.4) is 0 Å². The maximum Gasteiger partial charge on any atom is 0.141 e. The highest BCUT2D eigenvalue weighted by Crippen LogP contribution is 2.32. The third-order valence-corrected chi connectivity index (χ3v) is 3.71. The number of ether oxygens (including phenoxy) is 1. The van der Waals surface area contributed by atoms with E-state index in [9.17, 15) is 0 Å². The number of rotatable bonds is 3. The second kappa shape index (κ2) is 5.75. The van der Waals surface area contributed by atoms with Gasteiger partial charge in [0.25, 0.3) is 0 Å². The molecule has 0 aliphatic carbocycles. The monoisotopic (exact) mass is 382 g/mol. The number of amidine groups is 1. The van der Waals surface area contributed by atoms with Gasteiger partial charge in [-0.15, -0.1) is 0 Å². The van der Waals surface area contributed by atoms with Gasteiger partial charge in [0.2, 0.25) is 0 Å². The zero-order valence-electron chi connectivity index (χ0n) is 10.2. The highest BCUT2D eigenvalue weighted by atomic mass is 79.9. The number of nitrogens with one attached hydrogen (secondary N) is 1. The van der Waals surface area contributed by atoms with Gasteiger partial charge in [0, 0.05) is 10.0 Å². The number of aryl methyl sites for hydroxylation is 1. The standard InChI is InChI=1S/C14H12Br2N2O/c1-8-6-10(15)3-5-12(8)19-13-4-2-9(14(17)18)7-11(13)16/h2-7H,1H3,(H3,17,18). The fourth-order valence-electron chi connectivity index (χ4n) is 1.60. The molecule has 2 aromatic rings. The van der Waals surface area contributed by atoms with Crippen molar-refractivity contribution < 1.29 is 4.74 Å². The van der Waals surface area contributed by atoms with Crippen molar-refractivity contribution in [2.45, 2.75) is 6.92 Å². The van der Waals surface area contributed by atoms with Crippen LogP contribution in [0.2, 0.25) is 0 Å². The molecule has 0 spiro atoms. The van der Waals surface area contributed by atoms with Crippen LogP contribution in [-0.2, 0) is 0 Å². The van der Waals surface area contributed by atoms with E-state index in [2.05, 4.69) is 31.9 Å². The van der Waals surface area contributed by atoms with Crippen molar-refractivity contribution in [3.05, 3.63) is 56.5 Å². The Morgan fingerprint density at radius 3 is 2.37 bits per heavy atom. The Morgan fingerprint density at radius 2 is 1.79 bits per heavy atom. The molecule has 19 heavy (non-hydrogen) atoms. The van der Waals surface area contributed by atoms with Crippen molar-refractivity contribution in [2.75, 3.05) is 0 Å². The first-order valence-corrected chi connectivity index (χ1v) is 7.14. The Balaban J connectivity index is 2.31. The van der Waals surface area contributed by atoms with Crippen LogP contribution in [0.5, 0.6) is 11.5 Å². The van der Waals surface area contributed by atoms with Gasteiger partial charge in [0.1, 0.15) is 17.3 Å². The quantitative estimate of drug-likeness (QED) is 0.601. The topological polar surface area (TPSA) is 59.1 Å². The van der Waals surface area contributed by atoms with Gasteiger partial charge in [-0.05, 0) is 64.8 Å². The Kier molecular flexibility index (Phi) is 4.27. The second-order valence-corrected chi connectivity index (χ2v) is 5.84. The molecule has 3 N–H and O–H groups in total. The number of hydrogen-bond acceptors (Lipinski definition) is 2. The summed E-state index contributed by atoms with van der Waals surface area (Å²) in [6.45, 7) is 1.98. The SMILES string of the molecule is Cc1cc(Br)ccc1Oc1ccc(C(=N)N)cc1Br. The van der Waals surface area contributed by atoms with Crippen molar-refractivity contribution in [1.29, 1.82) is 5.41 Å². The highest BCUT2D eigenvalue weighted by molar-refractivity contribution is 9.10. The van der Waals surface area contributed by atoms with Crippen molar-refractivity contribution in [3.8, 4) is 11.5 Å². The van der Waals surface area contributed by atoms with E-state index in [-0.39, 0.29) is 5.84 Å². The lowest BCUT2D eigenvalue weighted by Crippen LogP contribution is -2.10. The van der Waals surface area contributed by atoms with E-state index in [4.69, 9.17) is 15.9 Å². The summed E-state index contributed by atoms with van der Waals surface area (Å²) in [4.78, 5) is 0. The highest BCUT2D eigenvalue weighted by Gasteiger charge is 2.07. The lowest BCUT2D eigenvalue weighted by molar-refractivity contribution is 0.476. The Labute approximate surface area is 128 Å². The van der Waals surface area contributed by atoms with E-state index in [1.807, 2.05) is 25.1 Å². The molecule has 2 rings (SSSR count). The molecule has 0 fully saturated rings. The molecule has 0 aliphatic heterocycles. The molecule has 0 saturated carbocycles. The molecule has 0 amide bonds. The molecule has 0 radical (unpaired) electrons. The summed E-state index contributed by atoms with van der Waals surface area (Å²) in [5, 5.41) is 7.39. The Morgan fingerprint density at radius 1 is 1.11 bits per heavy atom. The number of nitrogens with two attached hydrogens (primary N) is 1. The van der Waals surface area contributed by atoms with Crippen LogP contribution in [0, 0.1) is 12.3 Å². The van der Waals surface area contributed by atoms with Gasteiger partial charge in [0.05, 0.1) is 4.47 Å². The second-order valence-electron chi connectivity index (χ2n) is 4.07. The van der Waals surface area contributed by atoms with Crippen LogP contribution in [-0.4, -0.2) is 5.84 Å². The summed E-state index contributed by atoms with van der Waals surface area (Å²) >= 11 is 6.84. The van der Waals surface area contributed by atoms with Gasteiger partial charge in [-0.3, -0.25) is 5.41 Å². The minimum atomic E-state index is 0.0343. The van der Waals surface area contributed by atoms with E-state index in [0.717, 1.165) is 20.3 Å². The third-order valence-electron chi connectivity index (χ3n) is 2.60. The first-order valence-electron chi connectivity index (χ1n) is 5.55. The first-order chi connectivity index (χ1) is 8.97. The minimum absolute atomic E-state index is 0.0343. The van der Waals surface area contributed by atoms with Gasteiger partial charge < -0.3 is 10.5 Å². The average Bonchev–Trinajstić information content (AvgIpc) is 2.34. The van der Waals surface area contributed by atoms with E-state index < -0.39 is 0 Å². The van der Waals surface area contributed by atoms with E-state index >= 15 is 0 Å².